The number of rotatable bonds is 6. The number of nitrogens with one attached hydrogen (secondary N) is 2. The van der Waals surface area contributed by atoms with Gasteiger partial charge in [0.15, 0.2) is 0 Å². The van der Waals surface area contributed by atoms with E-state index >= 15 is 0 Å². The highest BCUT2D eigenvalue weighted by Crippen LogP contribution is 2.25. The molecule has 2 N–H and O–H groups in total. The van der Waals surface area contributed by atoms with Crippen molar-refractivity contribution in [3.05, 3.63) is 58.0 Å². The molecular weight excluding hydrogens is 376 g/mol. The van der Waals surface area contributed by atoms with Crippen LogP contribution in [0.3, 0.4) is 0 Å². The third kappa shape index (κ3) is 5.29. The number of nitriles is 1. The number of nitrogens with zero attached hydrogens (tertiary/aromatic N) is 1. The van der Waals surface area contributed by atoms with Crippen LogP contribution in [0.1, 0.15) is 49.7 Å². The summed E-state index contributed by atoms with van der Waals surface area (Å²) in [5.74, 6) is -0.0631. The van der Waals surface area contributed by atoms with E-state index in [1.165, 1.54) is 12.3 Å². The molecular formula is C22H23F2N3O2. The molecule has 0 saturated heterocycles. The molecule has 1 aliphatic carbocycles. The number of carbonyl (C=O) groups is 1. The van der Waals surface area contributed by atoms with E-state index in [0.717, 1.165) is 37.7 Å². The van der Waals surface area contributed by atoms with Gasteiger partial charge in [-0.3, -0.25) is 9.59 Å². The second kappa shape index (κ2) is 9.46. The fourth-order valence-electron chi connectivity index (χ4n) is 3.68. The number of benzene rings is 1. The van der Waals surface area contributed by atoms with E-state index in [1.807, 2.05) is 0 Å². The maximum Gasteiger partial charge on any atom is 0.269 e. The third-order valence-corrected chi connectivity index (χ3v) is 5.34. The first-order valence-electron chi connectivity index (χ1n) is 9.78. The van der Waals surface area contributed by atoms with E-state index in [0.29, 0.717) is 17.5 Å². The van der Waals surface area contributed by atoms with Gasteiger partial charge in [-0.05, 0) is 35.6 Å². The first-order valence-corrected chi connectivity index (χ1v) is 9.78. The predicted molar refractivity (Wildman–Crippen MR) is 105 cm³/mol. The van der Waals surface area contributed by atoms with E-state index in [-0.39, 0.29) is 11.8 Å². The van der Waals surface area contributed by atoms with E-state index in [2.05, 4.69) is 16.4 Å². The Morgan fingerprint density at radius 1 is 1.17 bits per heavy atom. The van der Waals surface area contributed by atoms with Crippen molar-refractivity contribution < 1.29 is 13.6 Å². The number of alkyl halides is 2. The van der Waals surface area contributed by atoms with Crippen molar-refractivity contribution in [3.63, 3.8) is 0 Å². The molecule has 1 heterocycles. The number of H-pyrrole nitrogens is 1. The molecule has 0 aliphatic heterocycles. The molecule has 1 unspecified atom stereocenters. The van der Waals surface area contributed by atoms with E-state index < -0.39 is 23.6 Å². The molecule has 0 bridgehead atoms. The molecule has 7 heteroatoms. The largest absolute Gasteiger partial charge is 0.340 e. The Morgan fingerprint density at radius 2 is 1.86 bits per heavy atom. The maximum atomic E-state index is 12.9. The van der Waals surface area contributed by atoms with Gasteiger partial charge in [0.25, 0.3) is 12.0 Å². The summed E-state index contributed by atoms with van der Waals surface area (Å²) in [6.45, 7) is 0. The van der Waals surface area contributed by atoms with Gasteiger partial charge in [-0.2, -0.15) is 5.26 Å². The zero-order valence-corrected chi connectivity index (χ0v) is 16.0. The summed E-state index contributed by atoms with van der Waals surface area (Å²) in [6, 6.07) is 9.78. The molecule has 1 aromatic carbocycles. The summed E-state index contributed by atoms with van der Waals surface area (Å²) in [7, 11) is 0. The van der Waals surface area contributed by atoms with Gasteiger partial charge < -0.3 is 10.3 Å². The lowest BCUT2D eigenvalue weighted by molar-refractivity contribution is -0.126. The van der Waals surface area contributed by atoms with Crippen molar-refractivity contribution >= 4 is 5.91 Å². The summed E-state index contributed by atoms with van der Waals surface area (Å²) < 4.78 is 25.8. The number of aromatic amines is 1. The maximum absolute atomic E-state index is 12.9. The normalized spacial score (nSPS) is 15.7. The summed E-state index contributed by atoms with van der Waals surface area (Å²) in [6.07, 6.45) is 3.92. The van der Waals surface area contributed by atoms with E-state index in [9.17, 15) is 23.6 Å². The van der Waals surface area contributed by atoms with Gasteiger partial charge in [0.05, 0.1) is 11.6 Å². The van der Waals surface area contributed by atoms with Gasteiger partial charge in [-0.1, -0.05) is 43.5 Å². The van der Waals surface area contributed by atoms with Crippen molar-refractivity contribution in [1.82, 2.24) is 10.3 Å². The van der Waals surface area contributed by atoms with Crippen molar-refractivity contribution in [2.75, 3.05) is 0 Å². The number of hydrogen-bond acceptors (Lipinski definition) is 3. The van der Waals surface area contributed by atoms with E-state index in [1.54, 1.807) is 24.3 Å². The molecule has 5 nitrogen and oxygen atoms in total. The van der Waals surface area contributed by atoms with Crippen LogP contribution in [0.15, 0.2) is 41.3 Å². The number of aromatic nitrogens is 1. The minimum absolute atomic E-state index is 0.00811. The molecule has 29 heavy (non-hydrogen) atoms. The molecule has 1 aliphatic rings. The highest BCUT2D eigenvalue weighted by molar-refractivity contribution is 5.79. The second-order valence-electron chi connectivity index (χ2n) is 7.40. The molecule has 1 saturated carbocycles. The van der Waals surface area contributed by atoms with Crippen LogP contribution in [-0.4, -0.2) is 16.9 Å². The lowest BCUT2D eigenvalue weighted by Gasteiger charge is -2.22. The standard InChI is InChI=1S/C22H23F2N3O2/c23-20(24)19-11-17(13-26-22(19)29)15-8-6-14(7-9-15)10-18(12-25)27-21(28)16-4-2-1-3-5-16/h6-9,11,13,16,18,20H,1-5,10H2,(H,26,29)(H,27,28). The van der Waals surface area contributed by atoms with Gasteiger partial charge in [-0.15, -0.1) is 0 Å². The van der Waals surface area contributed by atoms with Gasteiger partial charge in [0, 0.05) is 18.5 Å². The van der Waals surface area contributed by atoms with Gasteiger partial charge >= 0.3 is 0 Å². The Kier molecular flexibility index (Phi) is 6.76. The first kappa shape index (κ1) is 20.7. The number of hydrogen-bond donors (Lipinski definition) is 2. The molecule has 1 aromatic heterocycles. The van der Waals surface area contributed by atoms with Crippen LogP contribution >= 0.6 is 0 Å². The average Bonchev–Trinajstić information content (AvgIpc) is 2.74. The Balaban J connectivity index is 1.66. The molecule has 1 fully saturated rings. The van der Waals surface area contributed by atoms with Crippen LogP contribution in [0.25, 0.3) is 11.1 Å². The van der Waals surface area contributed by atoms with Gasteiger partial charge in [0.2, 0.25) is 5.91 Å². The minimum Gasteiger partial charge on any atom is -0.340 e. The lowest BCUT2D eigenvalue weighted by atomic mass is 9.88. The number of pyridine rings is 1. The summed E-state index contributed by atoms with van der Waals surface area (Å²) in [5, 5.41) is 12.2. The van der Waals surface area contributed by atoms with Crippen LogP contribution in [0.2, 0.25) is 0 Å². The molecule has 0 spiro atoms. The number of amides is 1. The van der Waals surface area contributed by atoms with Crippen molar-refractivity contribution in [2.24, 2.45) is 5.92 Å². The molecule has 1 atom stereocenters. The van der Waals surface area contributed by atoms with Crippen molar-refractivity contribution in [2.45, 2.75) is 51.0 Å². The zero-order chi connectivity index (χ0) is 20.8. The lowest BCUT2D eigenvalue weighted by Crippen LogP contribution is -2.40. The predicted octanol–water partition coefficient (Wildman–Crippen LogP) is 4.11. The van der Waals surface area contributed by atoms with Gasteiger partial charge in [0.1, 0.15) is 6.04 Å². The van der Waals surface area contributed by atoms with Crippen LogP contribution in [-0.2, 0) is 11.2 Å². The minimum atomic E-state index is -2.85. The Hall–Kier alpha value is -3.01. The molecule has 2 aromatic rings. The fourth-order valence-corrected chi connectivity index (χ4v) is 3.68. The molecule has 152 valence electrons. The zero-order valence-electron chi connectivity index (χ0n) is 16.0. The first-order chi connectivity index (χ1) is 14.0. The number of carbonyl (C=O) groups excluding carboxylic acids is 1. The number of halogens is 2. The van der Waals surface area contributed by atoms with Crippen LogP contribution in [0, 0.1) is 17.2 Å². The Bertz CT molecular complexity index is 942. The SMILES string of the molecule is N#CC(Cc1ccc(-c2c[nH]c(=O)c(C(F)F)c2)cc1)NC(=O)C1CCCCC1. The van der Waals surface area contributed by atoms with Gasteiger partial charge in [-0.25, -0.2) is 8.78 Å². The fraction of sp³-hybridized carbons (Fsp3) is 0.409. The van der Waals surface area contributed by atoms with Crippen LogP contribution in [0.5, 0.6) is 0 Å². The monoisotopic (exact) mass is 399 g/mol. The third-order valence-electron chi connectivity index (χ3n) is 5.34. The Labute approximate surface area is 167 Å². The highest BCUT2D eigenvalue weighted by Gasteiger charge is 2.23. The van der Waals surface area contributed by atoms with E-state index in [4.69, 9.17) is 0 Å². The average molecular weight is 399 g/mol. The molecule has 3 rings (SSSR count). The highest BCUT2D eigenvalue weighted by atomic mass is 19.3. The van der Waals surface area contributed by atoms with Crippen molar-refractivity contribution in [3.8, 4) is 17.2 Å². The molecule has 0 radical (unpaired) electrons. The Morgan fingerprint density at radius 3 is 2.48 bits per heavy atom. The van der Waals surface area contributed by atoms with Crippen LogP contribution < -0.4 is 10.9 Å². The summed E-state index contributed by atoms with van der Waals surface area (Å²) >= 11 is 0. The molecule has 1 amide bonds. The van der Waals surface area contributed by atoms with Crippen molar-refractivity contribution in [1.29, 1.82) is 5.26 Å². The smallest absolute Gasteiger partial charge is 0.269 e. The topological polar surface area (TPSA) is 85.8 Å². The quantitative estimate of drug-likeness (QED) is 0.766. The summed E-state index contributed by atoms with van der Waals surface area (Å²) in [5.41, 5.74) is 0.635. The summed E-state index contributed by atoms with van der Waals surface area (Å²) in [4.78, 5) is 26.1. The second-order valence-corrected chi connectivity index (χ2v) is 7.40. The van der Waals surface area contributed by atoms with Crippen LogP contribution in [0.4, 0.5) is 8.78 Å².